The predicted octanol–water partition coefficient (Wildman–Crippen LogP) is 4.58. The Morgan fingerprint density at radius 2 is 1.67 bits per heavy atom. The summed E-state index contributed by atoms with van der Waals surface area (Å²) < 4.78 is 5.48. The molecule has 0 aliphatic carbocycles. The minimum atomic E-state index is -0.442. The minimum absolute atomic E-state index is 0.168. The van der Waals surface area contributed by atoms with E-state index in [1.807, 2.05) is 42.5 Å². The Balaban J connectivity index is 1.74. The van der Waals surface area contributed by atoms with Crippen molar-refractivity contribution in [3.05, 3.63) is 78.4 Å². The molecule has 0 aromatic heterocycles. The van der Waals surface area contributed by atoms with Crippen LogP contribution in [0.2, 0.25) is 0 Å². The second-order valence-corrected chi connectivity index (χ2v) is 5.63. The molecule has 4 nitrogen and oxygen atoms in total. The zero-order valence-corrected chi connectivity index (χ0v) is 12.8. The molecule has 4 heteroatoms. The van der Waals surface area contributed by atoms with Gasteiger partial charge in [-0.3, -0.25) is 4.90 Å². The average Bonchev–Trinajstić information content (AvgIpc) is 2.61. The van der Waals surface area contributed by atoms with Crippen molar-refractivity contribution in [1.82, 2.24) is 0 Å². The molecule has 0 saturated heterocycles. The molecule has 0 unspecified atom stereocenters. The van der Waals surface area contributed by atoms with Crippen LogP contribution >= 0.6 is 0 Å². The average molecular weight is 317 g/mol. The van der Waals surface area contributed by atoms with Gasteiger partial charge in [0.2, 0.25) is 0 Å². The lowest BCUT2D eigenvalue weighted by atomic mass is 9.93. The van der Waals surface area contributed by atoms with E-state index in [1.165, 1.54) is 0 Å². The molecule has 1 aliphatic heterocycles. The van der Waals surface area contributed by atoms with E-state index >= 15 is 0 Å². The van der Waals surface area contributed by atoms with Crippen LogP contribution in [0, 0.1) is 0 Å². The number of phenols is 1. The molecule has 0 bridgehead atoms. The fourth-order valence-corrected chi connectivity index (χ4v) is 2.96. The quantitative estimate of drug-likeness (QED) is 0.715. The molecular formula is C20H15NO3. The minimum Gasteiger partial charge on any atom is -0.508 e. The van der Waals surface area contributed by atoms with Crippen molar-refractivity contribution in [1.29, 1.82) is 0 Å². The second kappa shape index (κ2) is 5.74. The lowest BCUT2D eigenvalue weighted by Crippen LogP contribution is -2.35. The summed E-state index contributed by atoms with van der Waals surface area (Å²) in [4.78, 5) is 14.3. The molecule has 1 heterocycles. The van der Waals surface area contributed by atoms with Crippen molar-refractivity contribution in [2.45, 2.75) is 6.54 Å². The highest BCUT2D eigenvalue weighted by Crippen LogP contribution is 2.41. The highest BCUT2D eigenvalue weighted by Gasteiger charge is 2.27. The molecule has 24 heavy (non-hydrogen) atoms. The fraction of sp³-hybridized carbons (Fsp3) is 0.0500. The summed E-state index contributed by atoms with van der Waals surface area (Å²) in [5.74, 6) is 0.670. The Kier molecular flexibility index (Phi) is 3.43. The van der Waals surface area contributed by atoms with Crippen molar-refractivity contribution in [3.8, 4) is 22.6 Å². The normalized spacial score (nSPS) is 12.2. The molecule has 1 N–H and O–H groups in total. The van der Waals surface area contributed by atoms with E-state index in [-0.39, 0.29) is 5.75 Å². The van der Waals surface area contributed by atoms with Crippen LogP contribution in [0.25, 0.3) is 11.1 Å². The molecule has 3 aromatic carbocycles. The van der Waals surface area contributed by atoms with E-state index < -0.39 is 6.09 Å². The van der Waals surface area contributed by atoms with Crippen molar-refractivity contribution >= 4 is 11.8 Å². The zero-order valence-electron chi connectivity index (χ0n) is 12.8. The van der Waals surface area contributed by atoms with Gasteiger partial charge in [-0.15, -0.1) is 0 Å². The highest BCUT2D eigenvalue weighted by molar-refractivity contribution is 5.98. The third-order valence-corrected chi connectivity index (χ3v) is 4.08. The molecule has 118 valence electrons. The van der Waals surface area contributed by atoms with Gasteiger partial charge in [-0.1, -0.05) is 42.5 Å². The Morgan fingerprint density at radius 3 is 2.50 bits per heavy atom. The fourth-order valence-electron chi connectivity index (χ4n) is 2.96. The number of para-hydroxylation sites is 1. The lowest BCUT2D eigenvalue weighted by Gasteiger charge is -2.30. The molecule has 0 saturated carbocycles. The first-order valence-corrected chi connectivity index (χ1v) is 7.68. The van der Waals surface area contributed by atoms with E-state index in [0.29, 0.717) is 12.3 Å². The number of ether oxygens (including phenoxy) is 1. The summed E-state index contributed by atoms with van der Waals surface area (Å²) in [5, 5.41) is 9.84. The highest BCUT2D eigenvalue weighted by atomic mass is 16.6. The molecule has 0 fully saturated rings. The first-order chi connectivity index (χ1) is 11.7. The maximum atomic E-state index is 12.7. The van der Waals surface area contributed by atoms with Crippen molar-refractivity contribution in [2.24, 2.45) is 0 Å². The number of anilines is 1. The van der Waals surface area contributed by atoms with Crippen LogP contribution in [0.15, 0.2) is 72.8 Å². The van der Waals surface area contributed by atoms with Crippen LogP contribution in [-0.4, -0.2) is 11.2 Å². The standard InChI is InChI=1S/C20H15NO3/c22-15-10-11-19-18(12-15)17-9-5-4-6-14(17)13-21(19)20(23)24-16-7-2-1-3-8-16/h1-12,22H,13H2. The summed E-state index contributed by atoms with van der Waals surface area (Å²) in [6.07, 6.45) is -0.442. The number of nitrogens with zero attached hydrogens (tertiary/aromatic N) is 1. The van der Waals surface area contributed by atoms with Crippen LogP contribution in [0.1, 0.15) is 5.56 Å². The van der Waals surface area contributed by atoms with E-state index in [2.05, 4.69) is 0 Å². The van der Waals surface area contributed by atoms with Gasteiger partial charge in [0.1, 0.15) is 11.5 Å². The monoisotopic (exact) mass is 317 g/mol. The van der Waals surface area contributed by atoms with Gasteiger partial charge < -0.3 is 9.84 Å². The van der Waals surface area contributed by atoms with Gasteiger partial charge in [0.15, 0.2) is 0 Å². The molecule has 0 atom stereocenters. The largest absolute Gasteiger partial charge is 0.508 e. The van der Waals surface area contributed by atoms with Crippen molar-refractivity contribution in [2.75, 3.05) is 4.90 Å². The van der Waals surface area contributed by atoms with Crippen LogP contribution in [0.3, 0.4) is 0 Å². The van der Waals surface area contributed by atoms with Crippen LogP contribution in [-0.2, 0) is 6.54 Å². The Bertz CT molecular complexity index is 906. The summed E-state index contributed by atoms with van der Waals surface area (Å²) in [6.45, 7) is 0.430. The number of aromatic hydroxyl groups is 1. The number of carbonyl (C=O) groups is 1. The van der Waals surface area contributed by atoms with Gasteiger partial charge in [0, 0.05) is 5.56 Å². The number of rotatable bonds is 1. The molecule has 1 amide bonds. The van der Waals surface area contributed by atoms with E-state index in [9.17, 15) is 9.90 Å². The van der Waals surface area contributed by atoms with Crippen LogP contribution in [0.5, 0.6) is 11.5 Å². The van der Waals surface area contributed by atoms with Crippen molar-refractivity contribution < 1.29 is 14.6 Å². The molecule has 4 rings (SSSR count). The maximum absolute atomic E-state index is 12.7. The molecule has 0 spiro atoms. The number of fused-ring (bicyclic) bond motifs is 3. The molecule has 3 aromatic rings. The summed E-state index contributed by atoms with van der Waals surface area (Å²) >= 11 is 0. The van der Waals surface area contributed by atoms with Crippen LogP contribution < -0.4 is 9.64 Å². The predicted molar refractivity (Wildman–Crippen MR) is 92.2 cm³/mol. The number of hydrogen-bond donors (Lipinski definition) is 1. The second-order valence-electron chi connectivity index (χ2n) is 5.63. The third kappa shape index (κ3) is 2.48. The number of amides is 1. The molecule has 0 radical (unpaired) electrons. The summed E-state index contributed by atoms with van der Waals surface area (Å²) in [5.41, 5.74) is 3.59. The van der Waals surface area contributed by atoms with Gasteiger partial charge >= 0.3 is 6.09 Å². The molecule has 1 aliphatic rings. The Morgan fingerprint density at radius 1 is 0.917 bits per heavy atom. The maximum Gasteiger partial charge on any atom is 0.420 e. The SMILES string of the molecule is O=C(Oc1ccccc1)N1Cc2ccccc2-c2cc(O)ccc21. The Hall–Kier alpha value is -3.27. The summed E-state index contributed by atoms with van der Waals surface area (Å²) in [6, 6.07) is 21.9. The topological polar surface area (TPSA) is 49.8 Å². The number of benzene rings is 3. The van der Waals surface area contributed by atoms with Gasteiger partial charge in [0.25, 0.3) is 0 Å². The first kappa shape index (κ1) is 14.3. The third-order valence-electron chi connectivity index (χ3n) is 4.08. The number of hydrogen-bond acceptors (Lipinski definition) is 3. The lowest BCUT2D eigenvalue weighted by molar-refractivity contribution is 0.207. The van der Waals surface area contributed by atoms with Gasteiger partial charge in [-0.05, 0) is 41.5 Å². The first-order valence-electron chi connectivity index (χ1n) is 7.68. The van der Waals surface area contributed by atoms with Gasteiger partial charge in [-0.2, -0.15) is 0 Å². The van der Waals surface area contributed by atoms with Crippen LogP contribution in [0.4, 0.5) is 10.5 Å². The van der Waals surface area contributed by atoms with E-state index in [0.717, 1.165) is 22.4 Å². The zero-order chi connectivity index (χ0) is 16.5. The van der Waals surface area contributed by atoms with Gasteiger partial charge in [0.05, 0.1) is 12.2 Å². The summed E-state index contributed by atoms with van der Waals surface area (Å²) in [7, 11) is 0. The number of phenolic OH excluding ortho intramolecular Hbond substituents is 1. The smallest absolute Gasteiger partial charge is 0.420 e. The Labute approximate surface area is 139 Å². The van der Waals surface area contributed by atoms with Gasteiger partial charge in [-0.25, -0.2) is 4.79 Å². The van der Waals surface area contributed by atoms with E-state index in [1.54, 1.807) is 35.2 Å². The van der Waals surface area contributed by atoms with E-state index in [4.69, 9.17) is 4.74 Å². The van der Waals surface area contributed by atoms with Crippen molar-refractivity contribution in [3.63, 3.8) is 0 Å². The molecular weight excluding hydrogens is 302 g/mol. The number of carbonyl (C=O) groups excluding carboxylic acids is 1.